The molecular weight excluding hydrogens is 905 g/mol. The Labute approximate surface area is 436 Å². The minimum atomic E-state index is -0.121. The van der Waals surface area contributed by atoms with Crippen molar-refractivity contribution in [2.24, 2.45) is 0 Å². The van der Waals surface area contributed by atoms with E-state index in [-0.39, 0.29) is 5.41 Å². The van der Waals surface area contributed by atoms with Crippen LogP contribution in [-0.4, -0.2) is 4.57 Å². The molecule has 0 radical (unpaired) electrons. The molecule has 15 rings (SSSR count). The zero-order chi connectivity index (χ0) is 49.8. The Morgan fingerprint density at radius 1 is 0.280 bits per heavy atom. The summed E-state index contributed by atoms with van der Waals surface area (Å²) in [5.41, 5.74) is 19.3. The Hall–Kier alpha value is -9.50. The smallest absolute Gasteiger partial charge is 0.0541 e. The van der Waals surface area contributed by atoms with E-state index < -0.39 is 0 Å². The maximum absolute atomic E-state index is 2.47. The van der Waals surface area contributed by atoms with Gasteiger partial charge in [0.2, 0.25) is 0 Å². The van der Waals surface area contributed by atoms with Crippen molar-refractivity contribution in [3.8, 4) is 50.2 Å². The Morgan fingerprint density at radius 3 is 1.41 bits per heavy atom. The number of hydrogen-bond acceptors (Lipinski definition) is 1. The Morgan fingerprint density at radius 2 is 0.747 bits per heavy atom. The van der Waals surface area contributed by atoms with Gasteiger partial charge in [0.05, 0.1) is 11.0 Å². The number of hydrogen-bond donors (Lipinski definition) is 0. The van der Waals surface area contributed by atoms with E-state index >= 15 is 0 Å². The minimum Gasteiger partial charge on any atom is -0.310 e. The fourth-order valence-corrected chi connectivity index (χ4v) is 12.6. The predicted molar refractivity (Wildman–Crippen MR) is 319 cm³/mol. The standard InChI is InChI=1S/C73H50N2/c1-73(2)69-23-13-12-22-64(69)65-39-37-58(46-70(65)73)74(55-32-26-49(27-33-55)47-14-4-3-5-15-47)56-34-28-50(29-35-56)53-30-40-71-67(43-53)68-44-54(52-25-24-48-16-6-7-17-51(48)42-52)31-41-72(68)75(71)57-36-38-63-61-20-9-8-18-59(61)60-19-10-11-21-62(60)66(63)45-57/h3-46H,1-2H3. The normalized spacial score (nSPS) is 12.8. The van der Waals surface area contributed by atoms with E-state index in [1.54, 1.807) is 0 Å². The monoisotopic (exact) mass is 954 g/mol. The lowest BCUT2D eigenvalue weighted by Crippen LogP contribution is -2.16. The quantitative estimate of drug-likeness (QED) is 0.145. The van der Waals surface area contributed by atoms with Gasteiger partial charge in [-0.25, -0.2) is 0 Å². The molecule has 0 atom stereocenters. The van der Waals surface area contributed by atoms with Gasteiger partial charge in [0, 0.05) is 38.9 Å². The van der Waals surface area contributed by atoms with Crippen molar-refractivity contribution in [1.82, 2.24) is 4.57 Å². The van der Waals surface area contributed by atoms with E-state index in [4.69, 9.17) is 0 Å². The van der Waals surface area contributed by atoms with Crippen LogP contribution in [0.25, 0.3) is 115 Å². The molecule has 0 saturated carbocycles. The average molecular weight is 955 g/mol. The maximum Gasteiger partial charge on any atom is 0.0541 e. The van der Waals surface area contributed by atoms with Crippen molar-refractivity contribution in [2.75, 3.05) is 4.90 Å². The summed E-state index contributed by atoms with van der Waals surface area (Å²) in [5.74, 6) is 0. The van der Waals surface area contributed by atoms with Crippen LogP contribution < -0.4 is 4.90 Å². The lowest BCUT2D eigenvalue weighted by molar-refractivity contribution is 0.660. The van der Waals surface area contributed by atoms with Crippen LogP contribution in [-0.2, 0) is 5.41 Å². The third-order valence-electron chi connectivity index (χ3n) is 16.4. The number of benzene rings is 13. The molecule has 1 aliphatic rings. The highest BCUT2D eigenvalue weighted by Gasteiger charge is 2.36. The molecule has 1 aromatic heterocycles. The Kier molecular flexibility index (Phi) is 9.65. The van der Waals surface area contributed by atoms with E-state index in [0.717, 1.165) is 22.7 Å². The second kappa shape index (κ2) is 16.8. The SMILES string of the molecule is CC1(C)c2ccccc2-c2ccc(N(c3ccc(-c4ccccc4)cc3)c3ccc(-c4ccc5c(c4)c4cc(-c6ccc7ccccc7c6)ccc4n5-c4ccc5c6ccccc6c6ccccc6c5c4)cc3)cc21. The Bertz CT molecular complexity index is 4560. The van der Waals surface area contributed by atoms with Gasteiger partial charge in [0.1, 0.15) is 0 Å². The first-order chi connectivity index (χ1) is 36.9. The highest BCUT2D eigenvalue weighted by atomic mass is 15.1. The van der Waals surface area contributed by atoms with Crippen molar-refractivity contribution in [2.45, 2.75) is 19.3 Å². The molecule has 0 amide bonds. The molecule has 75 heavy (non-hydrogen) atoms. The predicted octanol–water partition coefficient (Wildman–Crippen LogP) is 20.2. The molecule has 0 fully saturated rings. The summed E-state index contributed by atoms with van der Waals surface area (Å²) in [6.45, 7) is 4.72. The van der Waals surface area contributed by atoms with Crippen LogP contribution >= 0.6 is 0 Å². The summed E-state index contributed by atoms with van der Waals surface area (Å²) in [7, 11) is 0. The molecule has 0 unspecified atom stereocenters. The fraction of sp³-hybridized carbons (Fsp3) is 0.0411. The van der Waals surface area contributed by atoms with Crippen molar-refractivity contribution in [3.63, 3.8) is 0 Å². The first-order valence-corrected chi connectivity index (χ1v) is 26.1. The number of aromatic nitrogens is 1. The summed E-state index contributed by atoms with van der Waals surface area (Å²) in [6.07, 6.45) is 0. The molecule has 0 bridgehead atoms. The second-order valence-electron chi connectivity index (χ2n) is 20.9. The summed E-state index contributed by atoms with van der Waals surface area (Å²) >= 11 is 0. The number of nitrogens with zero attached hydrogens (tertiary/aromatic N) is 2. The summed E-state index contributed by atoms with van der Waals surface area (Å²) in [6, 6.07) is 99.1. The molecule has 0 aliphatic heterocycles. The van der Waals surface area contributed by atoms with Gasteiger partial charge in [-0.3, -0.25) is 0 Å². The first kappa shape index (κ1) is 43.1. The van der Waals surface area contributed by atoms with Gasteiger partial charge in [-0.2, -0.15) is 0 Å². The molecular formula is C73H50N2. The molecule has 2 heteroatoms. The number of fused-ring (bicyclic) bond motifs is 13. The molecule has 1 aliphatic carbocycles. The van der Waals surface area contributed by atoms with Crippen LogP contribution in [0.2, 0.25) is 0 Å². The molecule has 0 spiro atoms. The first-order valence-electron chi connectivity index (χ1n) is 26.1. The largest absolute Gasteiger partial charge is 0.310 e. The van der Waals surface area contributed by atoms with Crippen LogP contribution in [0.1, 0.15) is 25.0 Å². The fourth-order valence-electron chi connectivity index (χ4n) is 12.6. The van der Waals surface area contributed by atoms with E-state index in [1.165, 1.54) is 121 Å². The molecule has 13 aromatic carbocycles. The molecule has 1 heterocycles. The van der Waals surface area contributed by atoms with E-state index in [9.17, 15) is 0 Å². The summed E-state index contributed by atoms with van der Waals surface area (Å²) < 4.78 is 2.47. The summed E-state index contributed by atoms with van der Waals surface area (Å²) in [5, 5.41) is 12.6. The van der Waals surface area contributed by atoms with Crippen LogP contribution in [0.15, 0.2) is 267 Å². The minimum absolute atomic E-state index is 0.121. The van der Waals surface area contributed by atoms with Gasteiger partial charge in [-0.1, -0.05) is 202 Å². The summed E-state index contributed by atoms with van der Waals surface area (Å²) in [4.78, 5) is 2.42. The highest BCUT2D eigenvalue weighted by Crippen LogP contribution is 2.51. The highest BCUT2D eigenvalue weighted by molar-refractivity contribution is 6.25. The van der Waals surface area contributed by atoms with E-state index in [1.807, 2.05) is 0 Å². The van der Waals surface area contributed by atoms with Gasteiger partial charge in [-0.15, -0.1) is 0 Å². The van der Waals surface area contributed by atoms with Gasteiger partial charge in [0.25, 0.3) is 0 Å². The Balaban J connectivity index is 0.875. The molecule has 0 N–H and O–H groups in total. The van der Waals surface area contributed by atoms with Gasteiger partial charge >= 0.3 is 0 Å². The topological polar surface area (TPSA) is 8.17 Å². The van der Waals surface area contributed by atoms with Gasteiger partial charge < -0.3 is 9.47 Å². The number of rotatable bonds is 7. The van der Waals surface area contributed by atoms with Crippen LogP contribution in [0.3, 0.4) is 0 Å². The lowest BCUT2D eigenvalue weighted by atomic mass is 9.82. The average Bonchev–Trinajstić information content (AvgIpc) is 3.92. The zero-order valence-electron chi connectivity index (χ0n) is 41.8. The van der Waals surface area contributed by atoms with Crippen LogP contribution in [0.5, 0.6) is 0 Å². The van der Waals surface area contributed by atoms with E-state index in [0.29, 0.717) is 0 Å². The molecule has 2 nitrogen and oxygen atoms in total. The van der Waals surface area contributed by atoms with Gasteiger partial charge in [-0.05, 0) is 178 Å². The van der Waals surface area contributed by atoms with Crippen molar-refractivity contribution < 1.29 is 0 Å². The number of anilines is 3. The molecule has 0 saturated heterocycles. The third kappa shape index (κ3) is 6.87. The van der Waals surface area contributed by atoms with Crippen molar-refractivity contribution in [1.29, 1.82) is 0 Å². The van der Waals surface area contributed by atoms with Crippen LogP contribution in [0, 0.1) is 0 Å². The lowest BCUT2D eigenvalue weighted by Gasteiger charge is -2.28. The molecule has 14 aromatic rings. The maximum atomic E-state index is 2.47. The van der Waals surface area contributed by atoms with Crippen molar-refractivity contribution >= 4 is 82.0 Å². The zero-order valence-corrected chi connectivity index (χ0v) is 41.8. The third-order valence-corrected chi connectivity index (χ3v) is 16.4. The van der Waals surface area contributed by atoms with E-state index in [2.05, 4.69) is 290 Å². The molecule has 352 valence electrons. The van der Waals surface area contributed by atoms with Crippen LogP contribution in [0.4, 0.5) is 17.1 Å². The van der Waals surface area contributed by atoms with Gasteiger partial charge in [0.15, 0.2) is 0 Å². The second-order valence-corrected chi connectivity index (χ2v) is 20.9. The van der Waals surface area contributed by atoms with Crippen molar-refractivity contribution in [3.05, 3.63) is 278 Å².